The summed E-state index contributed by atoms with van der Waals surface area (Å²) in [5.74, 6) is 0. The van der Waals surface area contributed by atoms with Gasteiger partial charge in [0.05, 0.1) is 0 Å². The third-order valence-electron chi connectivity index (χ3n) is 3.81. The predicted octanol–water partition coefficient (Wildman–Crippen LogP) is 2.40. The molecule has 0 aliphatic rings. The van der Waals surface area contributed by atoms with E-state index in [0.29, 0.717) is 36.6 Å². The SMILES string of the molecule is CC(C)S(=O)(=O)c1ccc(-c2n[n]([Tl])c3ccc(N)cc23)cc1. The van der Waals surface area contributed by atoms with Crippen LogP contribution in [0.3, 0.4) is 0 Å². The maximum absolute atomic E-state index is 12.2. The molecule has 0 fully saturated rings. The number of fused-ring (bicyclic) bond motifs is 1. The van der Waals surface area contributed by atoms with Crippen molar-refractivity contribution < 1.29 is 8.42 Å². The van der Waals surface area contributed by atoms with Crippen molar-refractivity contribution in [2.45, 2.75) is 24.0 Å². The zero-order valence-electron chi connectivity index (χ0n) is 12.9. The van der Waals surface area contributed by atoms with Crippen LogP contribution in [0.1, 0.15) is 13.8 Å². The molecular weight excluding hydrogens is 503 g/mol. The zero-order chi connectivity index (χ0) is 16.8. The van der Waals surface area contributed by atoms with Crippen molar-refractivity contribution in [2.75, 3.05) is 5.73 Å². The van der Waals surface area contributed by atoms with Crippen LogP contribution >= 0.6 is 0 Å². The van der Waals surface area contributed by atoms with Crippen LogP contribution in [0.25, 0.3) is 22.2 Å². The second-order valence-corrected chi connectivity index (χ2v) is 10.1. The van der Waals surface area contributed by atoms with Gasteiger partial charge in [-0.25, -0.2) is 0 Å². The number of hydrogen-bond acceptors (Lipinski definition) is 4. The molecule has 1 aromatic heterocycles. The Labute approximate surface area is 151 Å². The minimum absolute atomic E-state index is 0.340. The van der Waals surface area contributed by atoms with E-state index in [-0.39, 0.29) is 0 Å². The molecule has 0 saturated heterocycles. The van der Waals surface area contributed by atoms with Crippen molar-refractivity contribution in [2.24, 2.45) is 0 Å². The summed E-state index contributed by atoms with van der Waals surface area (Å²) in [6, 6.07) is 12.7. The van der Waals surface area contributed by atoms with Crippen molar-refractivity contribution in [3.63, 3.8) is 0 Å². The Morgan fingerprint density at radius 2 is 1.78 bits per heavy atom. The summed E-state index contributed by atoms with van der Waals surface area (Å²) in [4.78, 5) is 0.340. The Morgan fingerprint density at radius 3 is 2.39 bits per heavy atom. The van der Waals surface area contributed by atoms with Gasteiger partial charge in [-0.05, 0) is 0 Å². The molecule has 23 heavy (non-hydrogen) atoms. The van der Waals surface area contributed by atoms with Gasteiger partial charge in [0.25, 0.3) is 0 Å². The molecule has 0 spiro atoms. The normalized spacial score (nSPS) is 12.1. The first-order chi connectivity index (χ1) is 10.8. The van der Waals surface area contributed by atoms with E-state index in [0.717, 1.165) is 22.2 Å². The topological polar surface area (TPSA) is 78.0 Å². The number of anilines is 1. The van der Waals surface area contributed by atoms with Crippen LogP contribution in [0, 0.1) is 0 Å². The van der Waals surface area contributed by atoms with Gasteiger partial charge in [0.15, 0.2) is 0 Å². The number of aromatic nitrogens is 2. The molecule has 3 rings (SSSR count). The Kier molecular flexibility index (Phi) is 4.22. The molecule has 5 nitrogen and oxygen atoms in total. The van der Waals surface area contributed by atoms with Crippen LogP contribution in [0.5, 0.6) is 0 Å². The summed E-state index contributed by atoms with van der Waals surface area (Å²) < 4.78 is 26.4. The first kappa shape index (κ1) is 16.4. The average Bonchev–Trinajstić information content (AvgIpc) is 2.83. The minimum atomic E-state index is -3.26. The van der Waals surface area contributed by atoms with Crippen LogP contribution in [-0.2, 0) is 9.84 Å². The van der Waals surface area contributed by atoms with E-state index >= 15 is 0 Å². The van der Waals surface area contributed by atoms with Crippen LogP contribution in [0.2, 0.25) is 0 Å². The molecule has 116 valence electrons. The van der Waals surface area contributed by atoms with Crippen molar-refractivity contribution in [3.05, 3.63) is 42.5 Å². The first-order valence-electron chi connectivity index (χ1n) is 7.18. The molecule has 7 heteroatoms. The zero-order valence-corrected chi connectivity index (χ0v) is 18.2. The summed E-state index contributed by atoms with van der Waals surface area (Å²) >= 11 is 0.542. The maximum atomic E-state index is 12.2. The van der Waals surface area contributed by atoms with E-state index in [1.807, 2.05) is 32.8 Å². The molecule has 0 radical (unpaired) electrons. The van der Waals surface area contributed by atoms with Crippen LogP contribution < -0.4 is 5.73 Å². The Morgan fingerprint density at radius 1 is 1.13 bits per heavy atom. The second kappa shape index (κ2) is 5.90. The van der Waals surface area contributed by atoms with Gasteiger partial charge in [0.2, 0.25) is 0 Å². The van der Waals surface area contributed by atoms with Gasteiger partial charge in [0, 0.05) is 0 Å². The molecule has 0 bridgehead atoms. The second-order valence-electron chi connectivity index (χ2n) is 5.69. The number of benzene rings is 2. The predicted molar refractivity (Wildman–Crippen MR) is 93.1 cm³/mol. The fourth-order valence-electron chi connectivity index (χ4n) is 2.45. The van der Waals surface area contributed by atoms with Gasteiger partial charge >= 0.3 is 152 Å². The number of nitrogens with two attached hydrogens (primary N) is 1. The number of sulfone groups is 1. The average molecular weight is 519 g/mol. The van der Waals surface area contributed by atoms with Crippen LogP contribution in [-0.4, -0.2) is 47.3 Å². The van der Waals surface area contributed by atoms with Gasteiger partial charge < -0.3 is 0 Å². The van der Waals surface area contributed by atoms with Crippen molar-refractivity contribution in [1.29, 1.82) is 0 Å². The third kappa shape index (κ3) is 2.89. The van der Waals surface area contributed by atoms with Gasteiger partial charge in [0.1, 0.15) is 0 Å². The van der Waals surface area contributed by atoms with Crippen LogP contribution in [0.4, 0.5) is 5.69 Å². The fraction of sp³-hybridized carbons (Fsp3) is 0.188. The molecule has 0 amide bonds. The number of nitrogen functional groups attached to an aromatic ring is 1. The molecule has 3 aromatic rings. The van der Waals surface area contributed by atoms with E-state index in [9.17, 15) is 8.42 Å². The monoisotopic (exact) mass is 519 g/mol. The van der Waals surface area contributed by atoms with Crippen LogP contribution in [0.15, 0.2) is 47.4 Å². The fourth-order valence-corrected chi connectivity index (χ4v) is 4.83. The van der Waals surface area contributed by atoms with Crippen molar-refractivity contribution in [1.82, 2.24) is 7.59 Å². The standard InChI is InChI=1S/C16H16N3O2S.Tl/c1-10(2)22(20,21)13-6-3-11(4-7-13)16-14-9-12(17)5-8-15(14)18-19-16;/h3-10H,17H2,1-2H3;/q-1;+1. The summed E-state index contributed by atoms with van der Waals surface area (Å²) in [7, 11) is -3.26. The van der Waals surface area contributed by atoms with Gasteiger partial charge in [-0.3, -0.25) is 0 Å². The molecule has 0 saturated carbocycles. The van der Waals surface area contributed by atoms with E-state index in [2.05, 4.69) is 5.10 Å². The summed E-state index contributed by atoms with van der Waals surface area (Å²) in [5, 5.41) is 5.17. The quantitative estimate of drug-likeness (QED) is 0.427. The summed E-state index contributed by atoms with van der Waals surface area (Å²) in [5.41, 5.74) is 9.36. The number of nitrogens with zero attached hydrogens (tertiary/aromatic N) is 2. The van der Waals surface area contributed by atoms with E-state index in [4.69, 9.17) is 5.73 Å². The molecule has 0 aliphatic carbocycles. The first-order valence-corrected chi connectivity index (χ1v) is 10.7. The number of hydrogen-bond donors (Lipinski definition) is 1. The van der Waals surface area contributed by atoms with Gasteiger partial charge in [-0.15, -0.1) is 0 Å². The van der Waals surface area contributed by atoms with Gasteiger partial charge in [-0.1, -0.05) is 0 Å². The summed E-state index contributed by atoms with van der Waals surface area (Å²) in [6.07, 6.45) is 0. The molecule has 1 heterocycles. The Bertz CT molecular complexity index is 976. The Hall–Kier alpha value is -1.42. The van der Waals surface area contributed by atoms with Gasteiger partial charge in [-0.2, -0.15) is 0 Å². The summed E-state index contributed by atoms with van der Waals surface area (Å²) in [6.45, 7) is 3.37. The third-order valence-corrected chi connectivity index (χ3v) is 7.51. The van der Waals surface area contributed by atoms with E-state index in [1.54, 1.807) is 26.0 Å². The molecule has 0 unspecified atom stereocenters. The molecule has 2 N–H and O–H groups in total. The molecule has 0 atom stereocenters. The molecule has 0 aliphatic heterocycles. The van der Waals surface area contributed by atoms with Crippen molar-refractivity contribution in [3.8, 4) is 11.3 Å². The van der Waals surface area contributed by atoms with E-state index in [1.165, 1.54) is 0 Å². The molecular formula is C16H16N3O2STl. The van der Waals surface area contributed by atoms with E-state index < -0.39 is 15.1 Å². The Balaban J connectivity index is 2.12. The molecule has 2 aromatic carbocycles. The van der Waals surface area contributed by atoms with Crippen molar-refractivity contribution >= 4 is 52.5 Å². The number of rotatable bonds is 3.